The number of carboxylic acid groups (broad SMARTS) is 1. The molecule has 0 aliphatic heterocycles. The Morgan fingerprint density at radius 3 is 2.19 bits per heavy atom. The zero-order valence-electron chi connectivity index (χ0n) is 13.1. The molecule has 1 atom stereocenters. The van der Waals surface area contributed by atoms with Crippen molar-refractivity contribution in [2.24, 2.45) is 11.7 Å². The molecule has 0 spiro atoms. The van der Waals surface area contributed by atoms with Crippen LogP contribution in [-0.2, 0) is 14.4 Å². The molecule has 0 saturated carbocycles. The largest absolute Gasteiger partial charge is 0.480 e. The van der Waals surface area contributed by atoms with Crippen molar-refractivity contribution in [2.45, 2.75) is 46.1 Å². The number of nitrogens with one attached hydrogen (secondary N) is 1. The van der Waals surface area contributed by atoms with Gasteiger partial charge in [0.1, 0.15) is 0 Å². The van der Waals surface area contributed by atoms with Crippen LogP contribution in [0.2, 0.25) is 0 Å². The third-order valence-electron chi connectivity index (χ3n) is 2.93. The number of carbonyl (C=O) groups excluding carboxylic acids is 2. The number of aliphatic carboxylic acids is 1. The quantitative estimate of drug-likeness (QED) is 0.504. The summed E-state index contributed by atoms with van der Waals surface area (Å²) in [5.74, 6) is -1.42. The lowest BCUT2D eigenvalue weighted by Gasteiger charge is -2.20. The van der Waals surface area contributed by atoms with Crippen molar-refractivity contribution in [3.8, 4) is 0 Å². The number of primary amides is 1. The summed E-state index contributed by atoms with van der Waals surface area (Å²) in [6, 6.07) is 0.0245. The van der Waals surface area contributed by atoms with Crippen molar-refractivity contribution in [1.29, 1.82) is 0 Å². The van der Waals surface area contributed by atoms with Gasteiger partial charge < -0.3 is 16.2 Å². The summed E-state index contributed by atoms with van der Waals surface area (Å²) >= 11 is 0. The highest BCUT2D eigenvalue weighted by atomic mass is 16.4. The molecule has 7 nitrogen and oxygen atoms in total. The van der Waals surface area contributed by atoms with Crippen molar-refractivity contribution in [2.75, 3.05) is 19.6 Å². The molecular formula is C14H27N3O4. The molecule has 1 unspecified atom stereocenters. The van der Waals surface area contributed by atoms with Crippen molar-refractivity contribution in [3.05, 3.63) is 0 Å². The molecule has 0 bridgehead atoms. The van der Waals surface area contributed by atoms with Gasteiger partial charge in [-0.1, -0.05) is 26.7 Å². The number of rotatable bonds is 11. The second-order valence-corrected chi connectivity index (χ2v) is 5.80. The van der Waals surface area contributed by atoms with Crippen LogP contribution in [-0.4, -0.2) is 53.5 Å². The zero-order chi connectivity index (χ0) is 16.4. The van der Waals surface area contributed by atoms with E-state index in [1.165, 1.54) is 4.90 Å². The molecule has 0 fully saturated rings. The van der Waals surface area contributed by atoms with Crippen LogP contribution < -0.4 is 11.1 Å². The molecule has 0 aliphatic carbocycles. The van der Waals surface area contributed by atoms with Gasteiger partial charge in [0.15, 0.2) is 0 Å². The predicted octanol–water partition coefficient (Wildman–Crippen LogP) is 0.189. The smallest absolute Gasteiger partial charge is 0.317 e. The monoisotopic (exact) mass is 301 g/mol. The summed E-state index contributed by atoms with van der Waals surface area (Å²) in [7, 11) is 0. The zero-order valence-corrected chi connectivity index (χ0v) is 13.1. The van der Waals surface area contributed by atoms with Gasteiger partial charge in [-0.15, -0.1) is 0 Å². The lowest BCUT2D eigenvalue weighted by Crippen LogP contribution is -2.45. The second kappa shape index (κ2) is 10.1. The van der Waals surface area contributed by atoms with Crippen LogP contribution in [0.5, 0.6) is 0 Å². The van der Waals surface area contributed by atoms with Crippen molar-refractivity contribution < 1.29 is 19.5 Å². The number of hydrogen-bond acceptors (Lipinski definition) is 4. The number of carboxylic acids is 1. The number of amides is 2. The fourth-order valence-corrected chi connectivity index (χ4v) is 2.01. The summed E-state index contributed by atoms with van der Waals surface area (Å²) in [4.78, 5) is 34.6. The molecule has 0 rings (SSSR count). The van der Waals surface area contributed by atoms with E-state index < -0.39 is 18.4 Å². The molecule has 2 amide bonds. The van der Waals surface area contributed by atoms with Crippen molar-refractivity contribution in [1.82, 2.24) is 10.2 Å². The van der Waals surface area contributed by atoms with Crippen LogP contribution in [0.25, 0.3) is 0 Å². The van der Waals surface area contributed by atoms with Gasteiger partial charge in [-0.3, -0.25) is 19.3 Å². The van der Waals surface area contributed by atoms with Gasteiger partial charge in [0.25, 0.3) is 0 Å². The van der Waals surface area contributed by atoms with E-state index in [0.717, 1.165) is 19.3 Å². The third-order valence-corrected chi connectivity index (χ3v) is 2.93. The summed E-state index contributed by atoms with van der Waals surface area (Å²) in [5, 5.41) is 11.5. The lowest BCUT2D eigenvalue weighted by atomic mass is 10.0. The first-order valence-electron chi connectivity index (χ1n) is 7.22. The Balaban J connectivity index is 4.16. The summed E-state index contributed by atoms with van der Waals surface area (Å²) in [5.41, 5.74) is 5.03. The van der Waals surface area contributed by atoms with E-state index >= 15 is 0 Å². The molecule has 0 saturated heterocycles. The molecule has 0 aliphatic rings. The van der Waals surface area contributed by atoms with Crippen LogP contribution >= 0.6 is 0 Å². The number of hydrogen-bond donors (Lipinski definition) is 3. The minimum absolute atomic E-state index is 0.0245. The second-order valence-electron chi connectivity index (χ2n) is 5.80. The molecule has 4 N–H and O–H groups in total. The van der Waals surface area contributed by atoms with Crippen LogP contribution in [0.1, 0.15) is 40.0 Å². The van der Waals surface area contributed by atoms with Gasteiger partial charge in [0, 0.05) is 6.04 Å². The normalized spacial score (nSPS) is 12.4. The topological polar surface area (TPSA) is 113 Å². The minimum Gasteiger partial charge on any atom is -0.480 e. The maximum absolute atomic E-state index is 11.8. The van der Waals surface area contributed by atoms with Gasteiger partial charge in [-0.05, 0) is 19.3 Å². The first-order chi connectivity index (χ1) is 9.70. The third kappa shape index (κ3) is 11.9. The summed E-state index contributed by atoms with van der Waals surface area (Å²) in [6.45, 7) is 5.42. The predicted molar refractivity (Wildman–Crippen MR) is 79.6 cm³/mol. The van der Waals surface area contributed by atoms with Gasteiger partial charge in [0.05, 0.1) is 19.6 Å². The van der Waals surface area contributed by atoms with Gasteiger partial charge >= 0.3 is 5.97 Å². The number of nitrogens with two attached hydrogens (primary N) is 1. The molecule has 0 radical (unpaired) electrons. The fourth-order valence-electron chi connectivity index (χ4n) is 2.01. The Labute approximate surface area is 125 Å². The molecule has 0 aromatic carbocycles. The average molecular weight is 301 g/mol. The molecule has 0 aromatic rings. The van der Waals surface area contributed by atoms with E-state index in [2.05, 4.69) is 19.2 Å². The van der Waals surface area contributed by atoms with Crippen molar-refractivity contribution >= 4 is 17.8 Å². The van der Waals surface area contributed by atoms with E-state index in [4.69, 9.17) is 10.8 Å². The molecule has 7 heteroatoms. The average Bonchev–Trinajstić information content (AvgIpc) is 2.25. The highest BCUT2D eigenvalue weighted by Crippen LogP contribution is 2.08. The van der Waals surface area contributed by atoms with E-state index in [1.54, 1.807) is 0 Å². The van der Waals surface area contributed by atoms with E-state index in [9.17, 15) is 14.4 Å². The van der Waals surface area contributed by atoms with E-state index in [0.29, 0.717) is 5.92 Å². The molecule has 21 heavy (non-hydrogen) atoms. The number of carbonyl (C=O) groups is 3. The fraction of sp³-hybridized carbons (Fsp3) is 0.786. The summed E-state index contributed by atoms with van der Waals surface area (Å²) in [6.07, 6.45) is 3.00. The highest BCUT2D eigenvalue weighted by molar-refractivity contribution is 5.81. The Kier molecular flexibility index (Phi) is 9.36. The summed E-state index contributed by atoms with van der Waals surface area (Å²) < 4.78 is 0. The van der Waals surface area contributed by atoms with E-state index in [1.807, 2.05) is 6.92 Å². The molecule has 122 valence electrons. The highest BCUT2D eigenvalue weighted by Gasteiger charge is 2.17. The Hall–Kier alpha value is -1.63. The van der Waals surface area contributed by atoms with Gasteiger partial charge in [0.2, 0.25) is 11.8 Å². The lowest BCUT2D eigenvalue weighted by molar-refractivity contribution is -0.139. The molecular weight excluding hydrogens is 274 g/mol. The first kappa shape index (κ1) is 19.4. The SMILES string of the molecule is CC(C)CCCC(C)NC(=O)CN(CC(N)=O)CC(=O)O. The van der Waals surface area contributed by atoms with Crippen LogP contribution in [0.4, 0.5) is 0 Å². The van der Waals surface area contributed by atoms with Gasteiger partial charge in [-0.2, -0.15) is 0 Å². The Morgan fingerprint density at radius 2 is 1.71 bits per heavy atom. The maximum Gasteiger partial charge on any atom is 0.317 e. The Bertz CT molecular complexity index is 342. The standard InChI is InChI=1S/C14H27N3O4/c1-10(2)5-4-6-11(3)16-13(19)8-17(7-12(15)18)9-14(20)21/h10-11H,4-9H2,1-3H3,(H2,15,18)(H,16,19)(H,20,21). The van der Waals surface area contributed by atoms with Crippen molar-refractivity contribution in [3.63, 3.8) is 0 Å². The Morgan fingerprint density at radius 1 is 1.10 bits per heavy atom. The van der Waals surface area contributed by atoms with Crippen LogP contribution in [0.3, 0.4) is 0 Å². The molecule has 0 aromatic heterocycles. The first-order valence-corrected chi connectivity index (χ1v) is 7.22. The van der Waals surface area contributed by atoms with E-state index in [-0.39, 0.29) is 25.0 Å². The van der Waals surface area contributed by atoms with Crippen LogP contribution in [0, 0.1) is 5.92 Å². The van der Waals surface area contributed by atoms with Crippen LogP contribution in [0.15, 0.2) is 0 Å². The van der Waals surface area contributed by atoms with Gasteiger partial charge in [-0.25, -0.2) is 0 Å². The maximum atomic E-state index is 11.8. The molecule has 0 heterocycles. The minimum atomic E-state index is -1.10. The number of nitrogens with zero attached hydrogens (tertiary/aromatic N) is 1.